The van der Waals surface area contributed by atoms with Crippen LogP contribution in [0.2, 0.25) is 0 Å². The number of hydrogen-bond acceptors (Lipinski definition) is 3. The molecule has 0 aliphatic heterocycles. The lowest BCUT2D eigenvalue weighted by Crippen LogP contribution is -2.27. The van der Waals surface area contributed by atoms with Crippen molar-refractivity contribution in [3.63, 3.8) is 0 Å². The summed E-state index contributed by atoms with van der Waals surface area (Å²) in [6.45, 7) is 1.30. The average molecular weight is 312 g/mol. The zero-order valence-electron chi connectivity index (χ0n) is 11.9. The van der Waals surface area contributed by atoms with E-state index in [4.69, 9.17) is 0 Å². The third-order valence-electron chi connectivity index (χ3n) is 3.17. The van der Waals surface area contributed by atoms with Crippen molar-refractivity contribution < 1.29 is 4.79 Å². The van der Waals surface area contributed by atoms with Crippen LogP contribution in [-0.4, -0.2) is 15.6 Å². The van der Waals surface area contributed by atoms with Crippen LogP contribution in [0.5, 0.6) is 0 Å². The summed E-state index contributed by atoms with van der Waals surface area (Å²) >= 11 is 1.62. The molecule has 0 bridgehead atoms. The highest BCUT2D eigenvalue weighted by Crippen LogP contribution is 2.11. The molecule has 112 valence electrons. The maximum atomic E-state index is 11.8. The molecule has 6 heteroatoms. The summed E-state index contributed by atoms with van der Waals surface area (Å²) in [5, 5.41) is 9.67. The van der Waals surface area contributed by atoms with Crippen LogP contribution in [0.4, 0.5) is 10.5 Å². The van der Waals surface area contributed by atoms with Crippen molar-refractivity contribution in [1.82, 2.24) is 14.9 Å². The number of nitrogens with zero attached hydrogens (tertiary/aromatic N) is 2. The Morgan fingerprint density at radius 3 is 2.73 bits per heavy atom. The van der Waals surface area contributed by atoms with Gasteiger partial charge in [-0.1, -0.05) is 12.1 Å². The minimum absolute atomic E-state index is 0.200. The largest absolute Gasteiger partial charge is 0.334 e. The van der Waals surface area contributed by atoms with Gasteiger partial charge < -0.3 is 15.2 Å². The van der Waals surface area contributed by atoms with Crippen molar-refractivity contribution in [2.45, 2.75) is 13.1 Å². The molecule has 0 unspecified atom stereocenters. The Bertz CT molecular complexity index is 705. The predicted octanol–water partition coefficient (Wildman–Crippen LogP) is 3.31. The number of nitrogens with one attached hydrogen (secondary N) is 2. The highest BCUT2D eigenvalue weighted by atomic mass is 32.1. The standard InChI is InChI=1S/C16H16N4OS/c21-16(18-9-14-5-8-22-11-14)19-15-3-1-13(2-4-15)10-20-7-6-17-12-20/h1-8,11-12H,9-10H2,(H2,18,19,21). The topological polar surface area (TPSA) is 59.0 Å². The van der Waals surface area contributed by atoms with E-state index in [0.717, 1.165) is 23.4 Å². The first kappa shape index (κ1) is 14.3. The minimum Gasteiger partial charge on any atom is -0.334 e. The molecule has 0 aliphatic carbocycles. The minimum atomic E-state index is -0.200. The fourth-order valence-corrected chi connectivity index (χ4v) is 2.70. The molecule has 2 heterocycles. The fourth-order valence-electron chi connectivity index (χ4n) is 2.04. The number of hydrogen-bond donors (Lipinski definition) is 2. The van der Waals surface area contributed by atoms with E-state index < -0.39 is 0 Å². The molecule has 0 atom stereocenters. The van der Waals surface area contributed by atoms with Gasteiger partial charge in [0.15, 0.2) is 0 Å². The lowest BCUT2D eigenvalue weighted by atomic mass is 10.2. The monoisotopic (exact) mass is 312 g/mol. The van der Waals surface area contributed by atoms with Gasteiger partial charge in [-0.15, -0.1) is 0 Å². The third kappa shape index (κ3) is 3.95. The lowest BCUT2D eigenvalue weighted by Gasteiger charge is -2.08. The number of amides is 2. The molecule has 0 saturated heterocycles. The van der Waals surface area contributed by atoms with Crippen molar-refractivity contribution in [1.29, 1.82) is 0 Å². The van der Waals surface area contributed by atoms with Crippen molar-refractivity contribution >= 4 is 23.1 Å². The Morgan fingerprint density at radius 2 is 2.05 bits per heavy atom. The third-order valence-corrected chi connectivity index (χ3v) is 3.90. The number of benzene rings is 1. The lowest BCUT2D eigenvalue weighted by molar-refractivity contribution is 0.252. The normalized spacial score (nSPS) is 10.4. The molecule has 0 spiro atoms. The number of anilines is 1. The van der Waals surface area contributed by atoms with Crippen LogP contribution in [0, 0.1) is 0 Å². The first-order valence-electron chi connectivity index (χ1n) is 6.90. The van der Waals surface area contributed by atoms with Gasteiger partial charge in [0.1, 0.15) is 0 Å². The van der Waals surface area contributed by atoms with E-state index in [1.165, 1.54) is 0 Å². The Balaban J connectivity index is 1.51. The summed E-state index contributed by atoms with van der Waals surface area (Å²) in [5.74, 6) is 0. The number of carbonyl (C=O) groups excluding carboxylic acids is 1. The Labute approximate surface area is 132 Å². The molecule has 0 saturated carbocycles. The second-order valence-corrected chi connectivity index (χ2v) is 5.65. The van der Waals surface area contributed by atoms with Crippen molar-refractivity contribution in [2.75, 3.05) is 5.32 Å². The van der Waals surface area contributed by atoms with Crippen molar-refractivity contribution in [3.8, 4) is 0 Å². The molecule has 2 amide bonds. The van der Waals surface area contributed by atoms with Gasteiger partial charge >= 0.3 is 6.03 Å². The second-order valence-electron chi connectivity index (χ2n) is 4.87. The zero-order chi connectivity index (χ0) is 15.2. The van der Waals surface area contributed by atoms with Crippen LogP contribution in [-0.2, 0) is 13.1 Å². The van der Waals surface area contributed by atoms with Crippen LogP contribution in [0.3, 0.4) is 0 Å². The summed E-state index contributed by atoms with van der Waals surface area (Å²) in [6.07, 6.45) is 5.46. The van der Waals surface area contributed by atoms with Crippen LogP contribution >= 0.6 is 11.3 Å². The second kappa shape index (κ2) is 6.91. The number of imidazole rings is 1. The maximum absolute atomic E-state index is 11.8. The van der Waals surface area contributed by atoms with Crippen molar-refractivity contribution in [2.24, 2.45) is 0 Å². The Kier molecular flexibility index (Phi) is 4.50. The van der Waals surface area contributed by atoms with E-state index >= 15 is 0 Å². The number of urea groups is 1. The average Bonchev–Trinajstić information content (AvgIpc) is 3.20. The smallest absolute Gasteiger partial charge is 0.319 e. The molecule has 22 heavy (non-hydrogen) atoms. The number of carbonyl (C=O) groups is 1. The maximum Gasteiger partial charge on any atom is 0.319 e. The summed E-state index contributed by atoms with van der Waals surface area (Å²) in [7, 11) is 0. The van der Waals surface area contributed by atoms with Gasteiger partial charge in [-0.3, -0.25) is 0 Å². The first-order valence-corrected chi connectivity index (χ1v) is 7.84. The van der Waals surface area contributed by atoms with E-state index in [1.807, 2.05) is 51.9 Å². The van der Waals surface area contributed by atoms with E-state index in [9.17, 15) is 4.79 Å². The number of thiophene rings is 1. The van der Waals surface area contributed by atoms with Gasteiger partial charge in [-0.25, -0.2) is 9.78 Å². The Morgan fingerprint density at radius 1 is 1.18 bits per heavy atom. The van der Waals surface area contributed by atoms with Gasteiger partial charge in [0, 0.05) is 31.2 Å². The highest BCUT2D eigenvalue weighted by molar-refractivity contribution is 7.07. The quantitative estimate of drug-likeness (QED) is 0.759. The molecule has 0 radical (unpaired) electrons. The van der Waals surface area contributed by atoms with Crippen LogP contribution in [0.1, 0.15) is 11.1 Å². The summed E-state index contributed by atoms with van der Waals surface area (Å²) in [6, 6.07) is 9.58. The van der Waals surface area contributed by atoms with Crippen molar-refractivity contribution in [3.05, 3.63) is 70.9 Å². The van der Waals surface area contributed by atoms with Gasteiger partial charge in [-0.05, 0) is 40.1 Å². The van der Waals surface area contributed by atoms with Gasteiger partial charge in [0.25, 0.3) is 0 Å². The number of aromatic nitrogens is 2. The molecule has 2 N–H and O–H groups in total. The van der Waals surface area contributed by atoms with Gasteiger partial charge in [-0.2, -0.15) is 11.3 Å². The SMILES string of the molecule is O=C(NCc1ccsc1)Nc1ccc(Cn2ccnc2)cc1. The summed E-state index contributed by atoms with van der Waals surface area (Å²) in [4.78, 5) is 15.8. The molecule has 3 rings (SSSR count). The molecule has 5 nitrogen and oxygen atoms in total. The Hall–Kier alpha value is -2.60. The summed E-state index contributed by atoms with van der Waals surface area (Å²) < 4.78 is 2.00. The van der Waals surface area contributed by atoms with Crippen LogP contribution in [0.25, 0.3) is 0 Å². The highest BCUT2D eigenvalue weighted by Gasteiger charge is 2.02. The molecule has 1 aromatic carbocycles. The van der Waals surface area contributed by atoms with E-state index in [0.29, 0.717) is 6.54 Å². The molecule has 0 fully saturated rings. The van der Waals surface area contributed by atoms with Crippen LogP contribution < -0.4 is 10.6 Å². The van der Waals surface area contributed by atoms with Gasteiger partial charge in [0.05, 0.1) is 6.33 Å². The van der Waals surface area contributed by atoms with E-state index in [2.05, 4.69) is 15.6 Å². The summed E-state index contributed by atoms with van der Waals surface area (Å²) in [5.41, 5.74) is 3.04. The molecular weight excluding hydrogens is 296 g/mol. The van der Waals surface area contributed by atoms with E-state index in [1.54, 1.807) is 23.9 Å². The predicted molar refractivity (Wildman–Crippen MR) is 87.9 cm³/mol. The first-order chi connectivity index (χ1) is 10.8. The van der Waals surface area contributed by atoms with Crippen LogP contribution in [0.15, 0.2) is 59.8 Å². The van der Waals surface area contributed by atoms with E-state index in [-0.39, 0.29) is 6.03 Å². The zero-order valence-corrected chi connectivity index (χ0v) is 12.7. The fraction of sp³-hybridized carbons (Fsp3) is 0.125. The molecule has 3 aromatic rings. The molecule has 0 aliphatic rings. The molecule has 2 aromatic heterocycles. The number of rotatable bonds is 5. The molecular formula is C16H16N4OS. The van der Waals surface area contributed by atoms with Gasteiger partial charge in [0.2, 0.25) is 0 Å².